The molecule has 0 heterocycles. The summed E-state index contributed by atoms with van der Waals surface area (Å²) in [7, 11) is 3.17. The van der Waals surface area contributed by atoms with E-state index in [0.717, 1.165) is 5.56 Å². The summed E-state index contributed by atoms with van der Waals surface area (Å²) in [5.74, 6) is 1.18. The van der Waals surface area contributed by atoms with E-state index in [0.29, 0.717) is 11.5 Å². The van der Waals surface area contributed by atoms with Crippen LogP contribution < -0.4 is 14.8 Å². The van der Waals surface area contributed by atoms with Crippen LogP contribution in [0.1, 0.15) is 26.3 Å². The highest BCUT2D eigenvalue weighted by Gasteiger charge is 2.11. The van der Waals surface area contributed by atoms with E-state index in [1.54, 1.807) is 26.4 Å². The number of hydrogen-bond acceptors (Lipinski definition) is 3. The standard InChI is InChI=1S/C15H21NO3/c1-15(2,3)16-14(17)9-7-11-6-8-12(18-4)13(10-11)19-5/h6-10H,1-5H3,(H,16,17). The molecule has 1 amide bonds. The van der Waals surface area contributed by atoms with Crippen molar-refractivity contribution in [3.63, 3.8) is 0 Å². The Balaban J connectivity index is 2.80. The molecule has 0 atom stereocenters. The van der Waals surface area contributed by atoms with E-state index < -0.39 is 0 Å². The Morgan fingerprint density at radius 1 is 1.16 bits per heavy atom. The van der Waals surface area contributed by atoms with Crippen LogP contribution in [0.15, 0.2) is 24.3 Å². The summed E-state index contributed by atoms with van der Waals surface area (Å²) in [6.45, 7) is 5.82. The molecule has 4 nitrogen and oxygen atoms in total. The van der Waals surface area contributed by atoms with E-state index in [2.05, 4.69) is 5.32 Å². The molecule has 1 N–H and O–H groups in total. The van der Waals surface area contributed by atoms with Crippen molar-refractivity contribution in [3.05, 3.63) is 29.8 Å². The Bertz CT molecular complexity index is 473. The van der Waals surface area contributed by atoms with Gasteiger partial charge in [0, 0.05) is 11.6 Å². The smallest absolute Gasteiger partial charge is 0.244 e. The van der Waals surface area contributed by atoms with Gasteiger partial charge in [-0.3, -0.25) is 4.79 Å². The van der Waals surface area contributed by atoms with Crippen molar-refractivity contribution in [2.24, 2.45) is 0 Å². The lowest BCUT2D eigenvalue weighted by atomic mass is 10.1. The van der Waals surface area contributed by atoms with Gasteiger partial charge in [-0.2, -0.15) is 0 Å². The van der Waals surface area contributed by atoms with Gasteiger partial charge < -0.3 is 14.8 Å². The summed E-state index contributed by atoms with van der Waals surface area (Å²) in [5, 5.41) is 2.86. The maximum Gasteiger partial charge on any atom is 0.244 e. The van der Waals surface area contributed by atoms with Crippen molar-refractivity contribution in [1.82, 2.24) is 5.32 Å². The minimum Gasteiger partial charge on any atom is -0.493 e. The molecule has 0 fully saturated rings. The number of nitrogens with one attached hydrogen (secondary N) is 1. The molecule has 0 aromatic heterocycles. The van der Waals surface area contributed by atoms with E-state index in [1.165, 1.54) is 6.08 Å². The number of amides is 1. The molecule has 0 spiro atoms. The Morgan fingerprint density at radius 2 is 1.79 bits per heavy atom. The molecule has 0 bridgehead atoms. The van der Waals surface area contributed by atoms with E-state index in [9.17, 15) is 4.79 Å². The normalized spacial score (nSPS) is 11.4. The quantitative estimate of drug-likeness (QED) is 0.849. The lowest BCUT2D eigenvalue weighted by Crippen LogP contribution is -2.39. The fraction of sp³-hybridized carbons (Fsp3) is 0.400. The third kappa shape index (κ3) is 5.04. The molecule has 104 valence electrons. The van der Waals surface area contributed by atoms with Gasteiger partial charge in [-0.25, -0.2) is 0 Å². The number of hydrogen-bond donors (Lipinski definition) is 1. The maximum atomic E-state index is 11.7. The van der Waals surface area contributed by atoms with Crippen LogP contribution in [0.25, 0.3) is 6.08 Å². The highest BCUT2D eigenvalue weighted by Crippen LogP contribution is 2.27. The van der Waals surface area contributed by atoms with E-state index in [-0.39, 0.29) is 11.4 Å². The first-order valence-corrected chi connectivity index (χ1v) is 6.08. The first-order valence-electron chi connectivity index (χ1n) is 6.08. The SMILES string of the molecule is COc1ccc(C=CC(=O)NC(C)(C)C)cc1OC. The molecule has 0 saturated heterocycles. The van der Waals surface area contributed by atoms with Crippen molar-refractivity contribution in [1.29, 1.82) is 0 Å². The van der Waals surface area contributed by atoms with E-state index in [1.807, 2.05) is 32.9 Å². The number of ether oxygens (including phenoxy) is 2. The van der Waals surface area contributed by atoms with Gasteiger partial charge in [0.15, 0.2) is 11.5 Å². The highest BCUT2D eigenvalue weighted by molar-refractivity contribution is 5.92. The molecule has 0 aliphatic carbocycles. The van der Waals surface area contributed by atoms with Crippen LogP contribution in [0.3, 0.4) is 0 Å². The van der Waals surface area contributed by atoms with Crippen molar-refractivity contribution >= 4 is 12.0 Å². The number of methoxy groups -OCH3 is 2. The third-order valence-electron chi connectivity index (χ3n) is 2.33. The summed E-state index contributed by atoms with van der Waals surface area (Å²) in [4.78, 5) is 11.7. The average molecular weight is 263 g/mol. The minimum atomic E-state index is -0.237. The topological polar surface area (TPSA) is 47.6 Å². The molecule has 1 aromatic carbocycles. The molecule has 1 rings (SSSR count). The van der Waals surface area contributed by atoms with Crippen molar-refractivity contribution < 1.29 is 14.3 Å². The van der Waals surface area contributed by atoms with Gasteiger partial charge >= 0.3 is 0 Å². The average Bonchev–Trinajstić information content (AvgIpc) is 2.33. The van der Waals surface area contributed by atoms with Crippen LogP contribution in [-0.4, -0.2) is 25.7 Å². The number of rotatable bonds is 4. The molecule has 0 aliphatic heterocycles. The van der Waals surface area contributed by atoms with Crippen LogP contribution >= 0.6 is 0 Å². The predicted octanol–water partition coefficient (Wildman–Crippen LogP) is 2.63. The zero-order valence-electron chi connectivity index (χ0n) is 12.1. The molecule has 1 aromatic rings. The molecular formula is C15H21NO3. The van der Waals surface area contributed by atoms with Crippen molar-refractivity contribution in [2.45, 2.75) is 26.3 Å². The lowest BCUT2D eigenvalue weighted by Gasteiger charge is -2.18. The first kappa shape index (κ1) is 15.1. The minimum absolute atomic E-state index is 0.123. The fourth-order valence-corrected chi connectivity index (χ4v) is 1.54. The molecule has 0 unspecified atom stereocenters. The second kappa shape index (κ2) is 6.27. The van der Waals surface area contributed by atoms with Gasteiger partial charge in [-0.15, -0.1) is 0 Å². The van der Waals surface area contributed by atoms with Crippen LogP contribution in [0.4, 0.5) is 0 Å². The van der Waals surface area contributed by atoms with Gasteiger partial charge in [-0.1, -0.05) is 6.07 Å². The predicted molar refractivity (Wildman–Crippen MR) is 76.5 cm³/mol. The Kier molecular flexibility index (Phi) is 4.98. The second-order valence-electron chi connectivity index (χ2n) is 5.19. The van der Waals surface area contributed by atoms with E-state index >= 15 is 0 Å². The van der Waals surface area contributed by atoms with Crippen LogP contribution in [0.5, 0.6) is 11.5 Å². The summed E-state index contributed by atoms with van der Waals surface area (Å²) in [6.07, 6.45) is 3.25. The number of carbonyl (C=O) groups excluding carboxylic acids is 1. The monoisotopic (exact) mass is 263 g/mol. The summed E-state index contributed by atoms with van der Waals surface area (Å²) in [6, 6.07) is 5.49. The third-order valence-corrected chi connectivity index (χ3v) is 2.33. The fourth-order valence-electron chi connectivity index (χ4n) is 1.54. The van der Waals surface area contributed by atoms with Crippen LogP contribution in [0.2, 0.25) is 0 Å². The van der Waals surface area contributed by atoms with Crippen LogP contribution in [0, 0.1) is 0 Å². The summed E-state index contributed by atoms with van der Waals surface area (Å²) >= 11 is 0. The van der Waals surface area contributed by atoms with Gasteiger partial charge in [0.1, 0.15) is 0 Å². The van der Waals surface area contributed by atoms with E-state index in [4.69, 9.17) is 9.47 Å². The first-order chi connectivity index (χ1) is 8.85. The Hall–Kier alpha value is -1.97. The maximum absolute atomic E-state index is 11.7. The Labute approximate surface area is 114 Å². The molecular weight excluding hydrogens is 242 g/mol. The summed E-state index contributed by atoms with van der Waals surface area (Å²) < 4.78 is 10.4. The number of carbonyl (C=O) groups is 1. The van der Waals surface area contributed by atoms with Crippen molar-refractivity contribution in [3.8, 4) is 11.5 Å². The van der Waals surface area contributed by atoms with Crippen molar-refractivity contribution in [2.75, 3.05) is 14.2 Å². The van der Waals surface area contributed by atoms with Crippen LogP contribution in [-0.2, 0) is 4.79 Å². The number of benzene rings is 1. The molecule has 19 heavy (non-hydrogen) atoms. The second-order valence-corrected chi connectivity index (χ2v) is 5.19. The lowest BCUT2D eigenvalue weighted by molar-refractivity contribution is -0.117. The van der Waals surface area contributed by atoms with Gasteiger partial charge in [0.05, 0.1) is 14.2 Å². The summed E-state index contributed by atoms with van der Waals surface area (Å²) in [5.41, 5.74) is 0.640. The zero-order chi connectivity index (χ0) is 14.5. The van der Waals surface area contributed by atoms with Gasteiger partial charge in [0.25, 0.3) is 0 Å². The molecule has 0 saturated carbocycles. The van der Waals surface area contributed by atoms with Gasteiger partial charge in [-0.05, 0) is 44.5 Å². The Morgan fingerprint density at radius 3 is 2.32 bits per heavy atom. The largest absolute Gasteiger partial charge is 0.493 e. The van der Waals surface area contributed by atoms with Gasteiger partial charge in [0.2, 0.25) is 5.91 Å². The highest BCUT2D eigenvalue weighted by atomic mass is 16.5. The molecule has 0 aliphatic rings. The molecule has 0 radical (unpaired) electrons. The molecule has 4 heteroatoms. The zero-order valence-corrected chi connectivity index (χ0v) is 12.1.